The van der Waals surface area contributed by atoms with Crippen LogP contribution in [0.1, 0.15) is 89.5 Å². The number of hydrogen-bond donors (Lipinski definition) is 1. The van der Waals surface area contributed by atoms with Gasteiger partial charge in [-0.3, -0.25) is 0 Å². The van der Waals surface area contributed by atoms with Crippen LogP contribution in [0.15, 0.2) is 25.3 Å². The van der Waals surface area contributed by atoms with E-state index in [1.165, 1.54) is 0 Å². The molecule has 0 atom stereocenters. The van der Waals surface area contributed by atoms with E-state index < -0.39 is 15.7 Å². The fraction of sp³-hybridized carbons (Fsp3) is 0.840. The van der Waals surface area contributed by atoms with E-state index in [0.717, 1.165) is 32.3 Å². The first kappa shape index (κ1) is 43.9. The molecule has 0 heterocycles. The van der Waals surface area contributed by atoms with Gasteiger partial charge in [0, 0.05) is 13.2 Å². The van der Waals surface area contributed by atoms with Gasteiger partial charge in [-0.25, -0.2) is 0 Å². The highest BCUT2D eigenvalue weighted by Gasteiger charge is 2.36. The number of halogens is 1. The van der Waals surface area contributed by atoms with Crippen molar-refractivity contribution in [1.82, 2.24) is 0 Å². The summed E-state index contributed by atoms with van der Waals surface area (Å²) in [4.78, 5) is 0. The normalized spacial score (nSPS) is 11.1. The van der Waals surface area contributed by atoms with Gasteiger partial charge in [-0.15, -0.1) is 13.2 Å². The molecule has 2 nitrogen and oxygen atoms in total. The van der Waals surface area contributed by atoms with Gasteiger partial charge < -0.3 is 9.53 Å². The van der Waals surface area contributed by atoms with Crippen molar-refractivity contribution in [3.05, 3.63) is 25.3 Å². The molecule has 0 aliphatic carbocycles. The van der Waals surface area contributed by atoms with Crippen LogP contribution in [0.4, 0.5) is 0 Å². The van der Waals surface area contributed by atoms with Gasteiger partial charge in [0.15, 0.2) is 15.7 Å². The summed E-state index contributed by atoms with van der Waals surface area (Å²) < 4.78 is 5.99. The first-order valence-electron chi connectivity index (χ1n) is 10.1. The third kappa shape index (κ3) is 26.2. The zero-order chi connectivity index (χ0) is 22.4. The van der Waals surface area contributed by atoms with Crippen LogP contribution >= 0.6 is 11.1 Å². The molecule has 0 unspecified atom stereocenters. The van der Waals surface area contributed by atoms with Crippen molar-refractivity contribution in [2.45, 2.75) is 126 Å². The number of hydrogen-bond acceptors (Lipinski definition) is 2. The minimum Gasteiger partial charge on any atom is -0.417 e. The number of rotatable bonds is 8. The Morgan fingerprint density at radius 2 is 1.13 bits per heavy atom. The summed E-state index contributed by atoms with van der Waals surface area (Å²) in [5.74, 6) is 0. The van der Waals surface area contributed by atoms with Crippen molar-refractivity contribution in [1.29, 1.82) is 0 Å². The second-order valence-corrected chi connectivity index (χ2v) is 22.0. The quantitative estimate of drug-likeness (QED) is 0.160. The SMILES string of the molecule is C.C.C.C=CCCCO.C=CCCCO[Si](C)(C)C(C)(C)C.CC(C)(C)[Si](C)(C)Cl. The van der Waals surface area contributed by atoms with Crippen LogP contribution in [0, 0.1) is 0 Å². The molecule has 0 bridgehead atoms. The van der Waals surface area contributed by atoms with E-state index in [1.54, 1.807) is 6.08 Å². The van der Waals surface area contributed by atoms with Crippen LogP contribution < -0.4 is 0 Å². The summed E-state index contributed by atoms with van der Waals surface area (Å²) in [6.45, 7) is 30.7. The maximum atomic E-state index is 8.15. The maximum Gasteiger partial charge on any atom is 0.191 e. The van der Waals surface area contributed by atoms with E-state index >= 15 is 0 Å². The van der Waals surface area contributed by atoms with Gasteiger partial charge in [0.1, 0.15) is 0 Å². The fourth-order valence-corrected chi connectivity index (χ4v) is 2.09. The van der Waals surface area contributed by atoms with Crippen molar-refractivity contribution >= 4 is 26.8 Å². The lowest BCUT2D eigenvalue weighted by molar-refractivity contribution is 0.283. The smallest absolute Gasteiger partial charge is 0.191 e. The van der Waals surface area contributed by atoms with Gasteiger partial charge in [-0.05, 0) is 48.9 Å². The molecule has 0 rings (SSSR count). The average molecular weight is 485 g/mol. The van der Waals surface area contributed by atoms with Gasteiger partial charge in [0.25, 0.3) is 0 Å². The molecular weight excluding hydrogens is 424 g/mol. The van der Waals surface area contributed by atoms with Gasteiger partial charge in [0.2, 0.25) is 0 Å². The van der Waals surface area contributed by atoms with Gasteiger partial charge in [0.05, 0.1) is 0 Å². The fourth-order valence-electron chi connectivity index (χ4n) is 1.01. The van der Waals surface area contributed by atoms with Crippen molar-refractivity contribution in [3.63, 3.8) is 0 Å². The summed E-state index contributed by atoms with van der Waals surface area (Å²) in [6.07, 6.45) is 7.70. The highest BCUT2D eigenvalue weighted by Crippen LogP contribution is 2.38. The molecule has 0 fully saturated rings. The predicted molar refractivity (Wildman–Crippen MR) is 152 cm³/mol. The summed E-state index contributed by atoms with van der Waals surface area (Å²) in [5.41, 5.74) is 0. The molecule has 0 amide bonds. The van der Waals surface area contributed by atoms with Crippen LogP contribution in [0.5, 0.6) is 0 Å². The lowest BCUT2D eigenvalue weighted by Crippen LogP contribution is -2.40. The Labute approximate surface area is 200 Å². The van der Waals surface area contributed by atoms with Crippen molar-refractivity contribution in [2.24, 2.45) is 0 Å². The second kappa shape index (κ2) is 21.0. The number of aliphatic hydroxyl groups is 1. The van der Waals surface area contributed by atoms with Crippen LogP contribution in [-0.4, -0.2) is 34.0 Å². The van der Waals surface area contributed by atoms with Gasteiger partial charge in [-0.1, -0.05) is 89.1 Å². The minimum atomic E-state index is -1.49. The number of allylic oxidation sites excluding steroid dienone is 2. The molecule has 5 heteroatoms. The molecule has 0 saturated carbocycles. The monoisotopic (exact) mass is 484 g/mol. The van der Waals surface area contributed by atoms with E-state index in [2.05, 4.69) is 80.9 Å². The zero-order valence-electron chi connectivity index (χ0n) is 20.0. The van der Waals surface area contributed by atoms with Crippen LogP contribution in [-0.2, 0) is 4.43 Å². The molecule has 30 heavy (non-hydrogen) atoms. The summed E-state index contributed by atoms with van der Waals surface area (Å²) in [6, 6.07) is 0. The van der Waals surface area contributed by atoms with E-state index in [4.69, 9.17) is 20.6 Å². The van der Waals surface area contributed by atoms with Crippen LogP contribution in [0.2, 0.25) is 36.3 Å². The molecule has 0 aromatic carbocycles. The molecule has 0 spiro atoms. The van der Waals surface area contributed by atoms with Gasteiger partial charge in [-0.2, -0.15) is 11.1 Å². The van der Waals surface area contributed by atoms with Crippen LogP contribution in [0.25, 0.3) is 0 Å². The Morgan fingerprint density at radius 3 is 1.33 bits per heavy atom. The molecule has 0 aromatic heterocycles. The Morgan fingerprint density at radius 1 is 0.800 bits per heavy atom. The average Bonchev–Trinajstić information content (AvgIpc) is 2.47. The maximum absolute atomic E-state index is 8.15. The van der Waals surface area contributed by atoms with Crippen molar-refractivity contribution in [2.75, 3.05) is 13.2 Å². The standard InChI is InChI=1S/C11H24OSi.C6H15ClSi.C5H10O.3CH4/c1-7-8-9-10-12-13(5,6)11(2,3)4;1-6(2,3)8(4,5)7;1-2-3-4-5-6;;;/h7H,1,8-10H2,2-6H3;1-5H3;2,6H,1,3-5H2;3*1H4. The number of aliphatic hydroxyl groups excluding tert-OH is 1. The lowest BCUT2D eigenvalue weighted by atomic mass is 10.2. The highest BCUT2D eigenvalue weighted by molar-refractivity contribution is 7.20. The van der Waals surface area contributed by atoms with E-state index in [9.17, 15) is 0 Å². The Kier molecular flexibility index (Phi) is 30.7. The van der Waals surface area contributed by atoms with E-state index in [1.807, 2.05) is 6.08 Å². The van der Waals surface area contributed by atoms with Crippen LogP contribution in [0.3, 0.4) is 0 Å². The lowest BCUT2D eigenvalue weighted by Gasteiger charge is -2.36. The third-order valence-corrected chi connectivity index (χ3v) is 15.0. The Hall–Kier alpha value is 0.124. The molecule has 0 aliphatic rings. The topological polar surface area (TPSA) is 29.5 Å². The highest BCUT2D eigenvalue weighted by atomic mass is 35.6. The Bertz CT molecular complexity index is 364. The number of unbranched alkanes of at least 4 members (excludes halogenated alkanes) is 2. The molecular formula is C25H61ClO2Si2. The van der Waals surface area contributed by atoms with Crippen molar-refractivity contribution < 1.29 is 9.53 Å². The summed E-state index contributed by atoms with van der Waals surface area (Å²) >= 11 is 6.15. The minimum absolute atomic E-state index is 0. The van der Waals surface area contributed by atoms with E-state index in [0.29, 0.717) is 10.1 Å². The van der Waals surface area contributed by atoms with Gasteiger partial charge >= 0.3 is 0 Å². The molecule has 0 radical (unpaired) electrons. The summed E-state index contributed by atoms with van der Waals surface area (Å²) in [7, 11) is -2.88. The summed E-state index contributed by atoms with van der Waals surface area (Å²) in [5, 5.41) is 8.83. The molecule has 188 valence electrons. The molecule has 0 aromatic rings. The molecule has 0 saturated heterocycles. The first-order chi connectivity index (χ1) is 12.0. The molecule has 1 N–H and O–H groups in total. The predicted octanol–water partition coefficient (Wildman–Crippen LogP) is 10.1. The zero-order valence-corrected chi connectivity index (χ0v) is 22.8. The second-order valence-electron chi connectivity index (χ2n) is 9.92. The van der Waals surface area contributed by atoms with Crippen molar-refractivity contribution in [3.8, 4) is 0 Å². The first-order valence-corrected chi connectivity index (χ1v) is 17.1. The molecule has 0 aliphatic heterocycles. The largest absolute Gasteiger partial charge is 0.417 e. The van der Waals surface area contributed by atoms with E-state index in [-0.39, 0.29) is 28.9 Å². The Balaban J connectivity index is -0.0000000739. The third-order valence-electron chi connectivity index (χ3n) is 5.17.